The second-order valence-corrected chi connectivity index (χ2v) is 8.13. The van der Waals surface area contributed by atoms with Gasteiger partial charge in [-0.3, -0.25) is 4.79 Å². The number of carbonyl (C=O) groups excluding carboxylic acids is 1. The smallest absolute Gasteiger partial charge is 0.256 e. The van der Waals surface area contributed by atoms with Gasteiger partial charge in [0.15, 0.2) is 0 Å². The Morgan fingerprint density at radius 2 is 2.18 bits per heavy atom. The first-order valence-corrected chi connectivity index (χ1v) is 9.71. The van der Waals surface area contributed by atoms with E-state index in [1.165, 1.54) is 12.4 Å². The Bertz CT molecular complexity index is 909. The van der Waals surface area contributed by atoms with Crippen molar-refractivity contribution in [3.63, 3.8) is 0 Å². The highest BCUT2D eigenvalue weighted by atomic mass is 19.3. The van der Waals surface area contributed by atoms with Crippen molar-refractivity contribution in [1.82, 2.24) is 19.9 Å². The fourth-order valence-corrected chi connectivity index (χ4v) is 4.29. The summed E-state index contributed by atoms with van der Waals surface area (Å²) < 4.78 is 27.3. The Morgan fingerprint density at radius 3 is 2.82 bits per heavy atom. The van der Waals surface area contributed by atoms with Crippen molar-refractivity contribution < 1.29 is 13.6 Å². The molecule has 3 heterocycles. The average molecular weight is 389 g/mol. The van der Waals surface area contributed by atoms with Gasteiger partial charge in [-0.05, 0) is 30.4 Å². The number of hydrogen-bond acceptors (Lipinski definition) is 4. The Morgan fingerprint density at radius 1 is 1.43 bits per heavy atom. The van der Waals surface area contributed by atoms with Crippen LogP contribution in [0.4, 0.5) is 14.6 Å². The van der Waals surface area contributed by atoms with Crippen LogP contribution in [0, 0.1) is 5.92 Å². The molecule has 1 amide bonds. The lowest BCUT2D eigenvalue weighted by atomic mass is 9.90. The Hall–Kier alpha value is -2.51. The molecule has 2 aromatic rings. The van der Waals surface area contributed by atoms with E-state index in [0.29, 0.717) is 34.9 Å². The monoisotopic (exact) mass is 389 g/mol. The highest BCUT2D eigenvalue weighted by Gasteiger charge is 2.58. The van der Waals surface area contributed by atoms with Crippen LogP contribution in [0.15, 0.2) is 25.2 Å². The molecule has 28 heavy (non-hydrogen) atoms. The van der Waals surface area contributed by atoms with Gasteiger partial charge in [0, 0.05) is 31.2 Å². The molecule has 0 radical (unpaired) electrons. The summed E-state index contributed by atoms with van der Waals surface area (Å²) in [6.07, 6.45) is 5.97. The molecule has 2 N–H and O–H groups in total. The van der Waals surface area contributed by atoms with E-state index in [4.69, 9.17) is 0 Å². The quantitative estimate of drug-likeness (QED) is 0.765. The molecule has 1 aliphatic heterocycles. The van der Waals surface area contributed by atoms with E-state index in [1.807, 2.05) is 4.90 Å². The summed E-state index contributed by atoms with van der Waals surface area (Å²) in [5, 5.41) is 4.01. The van der Waals surface area contributed by atoms with Gasteiger partial charge in [-0.15, -0.1) is 0 Å². The molecule has 1 aliphatic carbocycles. The number of nitrogens with zero attached hydrogens (tertiary/aromatic N) is 3. The molecular formula is C20H25F2N5O. The van der Waals surface area contributed by atoms with Crippen LogP contribution in [-0.2, 0) is 4.79 Å². The maximum atomic E-state index is 13.6. The van der Waals surface area contributed by atoms with E-state index in [-0.39, 0.29) is 24.4 Å². The first kappa shape index (κ1) is 18.8. The van der Waals surface area contributed by atoms with Crippen molar-refractivity contribution >= 4 is 22.8 Å². The van der Waals surface area contributed by atoms with Crippen molar-refractivity contribution in [2.75, 3.05) is 11.9 Å². The molecule has 4 rings (SSSR count). The number of halogens is 2. The number of rotatable bonds is 5. The Labute approximate surface area is 162 Å². The Kier molecular flexibility index (Phi) is 4.59. The molecule has 1 saturated heterocycles. The molecule has 1 saturated carbocycles. The molecule has 3 atom stereocenters. The summed E-state index contributed by atoms with van der Waals surface area (Å²) in [6.45, 7) is 8.36. The third-order valence-corrected chi connectivity index (χ3v) is 5.90. The number of hydrogen-bond donors (Lipinski definition) is 2. The molecular weight excluding hydrogens is 364 g/mol. The van der Waals surface area contributed by atoms with Crippen LogP contribution in [0.2, 0.25) is 0 Å². The van der Waals surface area contributed by atoms with E-state index < -0.39 is 11.8 Å². The maximum Gasteiger partial charge on any atom is 0.256 e. The number of likely N-dealkylation sites (tertiary alicyclic amines) is 1. The second kappa shape index (κ2) is 6.83. The highest BCUT2D eigenvalue weighted by molar-refractivity contribution is 5.91. The van der Waals surface area contributed by atoms with Crippen LogP contribution < -0.4 is 5.32 Å². The number of amides is 1. The number of H-pyrrole nitrogens is 1. The van der Waals surface area contributed by atoms with Crippen LogP contribution in [0.1, 0.15) is 44.6 Å². The van der Waals surface area contributed by atoms with Gasteiger partial charge >= 0.3 is 0 Å². The van der Waals surface area contributed by atoms with Gasteiger partial charge in [0.25, 0.3) is 5.92 Å². The molecule has 2 aromatic heterocycles. The van der Waals surface area contributed by atoms with Crippen LogP contribution in [0.3, 0.4) is 0 Å². The predicted octanol–water partition coefficient (Wildman–Crippen LogP) is 3.69. The van der Waals surface area contributed by atoms with Crippen molar-refractivity contribution in [1.29, 1.82) is 0 Å². The fourth-order valence-electron chi connectivity index (χ4n) is 4.29. The first-order valence-electron chi connectivity index (χ1n) is 9.71. The van der Waals surface area contributed by atoms with Crippen LogP contribution in [-0.4, -0.2) is 50.3 Å². The summed E-state index contributed by atoms with van der Waals surface area (Å²) in [5.74, 6) is -2.64. The molecule has 6 nitrogen and oxygen atoms in total. The number of aromatic amines is 1. The van der Waals surface area contributed by atoms with Gasteiger partial charge in [0.1, 0.15) is 17.8 Å². The van der Waals surface area contributed by atoms with Gasteiger partial charge in [-0.25, -0.2) is 18.7 Å². The number of carbonyl (C=O) groups is 1. The maximum absolute atomic E-state index is 13.6. The molecule has 8 heteroatoms. The largest absolute Gasteiger partial charge is 0.365 e. The summed E-state index contributed by atoms with van der Waals surface area (Å²) >= 11 is 0. The lowest BCUT2D eigenvalue weighted by Gasteiger charge is -2.41. The minimum atomic E-state index is -2.66. The molecule has 2 fully saturated rings. The van der Waals surface area contributed by atoms with Gasteiger partial charge in [-0.1, -0.05) is 20.4 Å². The first-order chi connectivity index (χ1) is 13.3. The van der Waals surface area contributed by atoms with Crippen molar-refractivity contribution in [3.05, 3.63) is 30.7 Å². The van der Waals surface area contributed by atoms with Crippen molar-refractivity contribution in [3.8, 4) is 0 Å². The summed E-state index contributed by atoms with van der Waals surface area (Å²) in [6, 6.07) is 0.154. The number of anilines is 1. The predicted molar refractivity (Wildman–Crippen MR) is 103 cm³/mol. The van der Waals surface area contributed by atoms with E-state index >= 15 is 0 Å². The zero-order valence-corrected chi connectivity index (χ0v) is 16.1. The van der Waals surface area contributed by atoms with Gasteiger partial charge in [0.2, 0.25) is 5.91 Å². The van der Waals surface area contributed by atoms with Gasteiger partial charge in [-0.2, -0.15) is 0 Å². The third-order valence-electron chi connectivity index (χ3n) is 5.90. The lowest BCUT2D eigenvalue weighted by molar-refractivity contribution is -0.130. The molecule has 0 bridgehead atoms. The number of alkyl halides is 2. The van der Waals surface area contributed by atoms with Crippen molar-refractivity contribution in [2.24, 2.45) is 5.92 Å². The average Bonchev–Trinajstić information content (AvgIpc) is 3.10. The van der Waals surface area contributed by atoms with Crippen LogP contribution in [0.25, 0.3) is 11.0 Å². The van der Waals surface area contributed by atoms with Gasteiger partial charge < -0.3 is 15.2 Å². The fraction of sp³-hybridized carbons (Fsp3) is 0.550. The van der Waals surface area contributed by atoms with E-state index in [2.05, 4.69) is 40.7 Å². The number of aromatic nitrogens is 3. The van der Waals surface area contributed by atoms with E-state index in [0.717, 1.165) is 12.8 Å². The second-order valence-electron chi connectivity index (χ2n) is 8.13. The Balaban J connectivity index is 1.59. The molecule has 0 aromatic carbocycles. The van der Waals surface area contributed by atoms with Crippen LogP contribution >= 0.6 is 0 Å². The standard InChI is InChI=1S/C20H25F2N5O/c1-4-16(28)27-9-12(5-6-15(27)11(2)3)26-19-17-13(14-7-20(14,21)22)8-23-18(17)24-10-25-19/h4,8,10-12,14-15H,1,5-7,9H2,2-3H3,(H2,23,24,25,26)/t12-,14-,15?/m1/s1. The molecule has 150 valence electrons. The zero-order chi connectivity index (χ0) is 20.1. The summed E-state index contributed by atoms with van der Waals surface area (Å²) in [5.41, 5.74) is 1.10. The molecule has 1 unspecified atom stereocenters. The number of fused-ring (bicyclic) bond motifs is 1. The van der Waals surface area contributed by atoms with E-state index in [9.17, 15) is 13.6 Å². The zero-order valence-electron chi connectivity index (χ0n) is 16.1. The number of piperidine rings is 1. The van der Waals surface area contributed by atoms with E-state index in [1.54, 1.807) is 6.20 Å². The topological polar surface area (TPSA) is 73.9 Å². The normalized spacial score (nSPS) is 26.5. The van der Waals surface area contributed by atoms with Crippen LogP contribution in [0.5, 0.6) is 0 Å². The number of nitrogens with one attached hydrogen (secondary N) is 2. The van der Waals surface area contributed by atoms with Gasteiger partial charge in [0.05, 0.1) is 11.3 Å². The molecule has 0 spiro atoms. The summed E-state index contributed by atoms with van der Waals surface area (Å²) in [4.78, 5) is 25.7. The molecule has 2 aliphatic rings. The minimum Gasteiger partial charge on any atom is -0.365 e. The minimum absolute atomic E-state index is 0.0144. The summed E-state index contributed by atoms with van der Waals surface area (Å²) in [7, 11) is 0. The lowest BCUT2D eigenvalue weighted by Crippen LogP contribution is -2.52. The SMILES string of the molecule is C=CC(=O)N1C[C@H](Nc2ncnc3[nH]cc([C@H]4CC4(F)F)c23)CCC1C(C)C. The van der Waals surface area contributed by atoms with Crippen molar-refractivity contribution in [2.45, 2.75) is 57.0 Å². The third kappa shape index (κ3) is 3.25. The highest BCUT2D eigenvalue weighted by Crippen LogP contribution is 2.57.